The Bertz CT molecular complexity index is 677. The summed E-state index contributed by atoms with van der Waals surface area (Å²) in [4.78, 5) is 32.6. The number of esters is 1. The summed E-state index contributed by atoms with van der Waals surface area (Å²) >= 11 is 0. The molecule has 0 atom stereocenters. The Kier molecular flexibility index (Phi) is 36.4. The molecule has 0 aliphatic rings. The van der Waals surface area contributed by atoms with Gasteiger partial charge in [-0.15, -0.1) is 0 Å². The molecule has 0 fully saturated rings. The van der Waals surface area contributed by atoms with Gasteiger partial charge in [-0.25, -0.2) is 4.79 Å². The molecule has 0 radical (unpaired) electrons. The molecule has 0 heterocycles. The first-order chi connectivity index (χ1) is 22.6. The molecule has 0 saturated heterocycles. The number of rotatable bonds is 39. The van der Waals surface area contributed by atoms with Crippen LogP contribution in [0.25, 0.3) is 0 Å². The van der Waals surface area contributed by atoms with E-state index in [0.717, 1.165) is 13.0 Å². The number of Topliss-reactive ketones (excluding diaryl/α,β-unsaturated/α-hetero) is 1. The predicted octanol–water partition coefficient (Wildman–Crippen LogP) is 5.17. The molecule has 0 aromatic carbocycles. The first-order valence-electron chi connectivity index (χ1n) is 17.5. The van der Waals surface area contributed by atoms with Crippen LogP contribution in [0.3, 0.4) is 0 Å². The maximum absolute atomic E-state index is 11.4. The average Bonchev–Trinajstić information content (AvgIpc) is 3.05. The van der Waals surface area contributed by atoms with Gasteiger partial charge in [0.1, 0.15) is 6.61 Å². The standard InChI is InChI=1S/C34H64O12/c1-2-3-4-5-6-7-8-9-10-11-12-13-14-17-39-18-19-40-20-21-41-22-23-42-24-25-43-26-27-44-28-29-45-30-31-46-33(36)16-15-32(35)34(37)38/h2-31H2,1H3,(H,37,38). The largest absolute Gasteiger partial charge is 0.476 e. The predicted molar refractivity (Wildman–Crippen MR) is 174 cm³/mol. The molecule has 12 heteroatoms. The minimum atomic E-state index is -1.56. The van der Waals surface area contributed by atoms with Gasteiger partial charge in [-0.3, -0.25) is 9.59 Å². The molecular weight excluding hydrogens is 600 g/mol. The lowest BCUT2D eigenvalue weighted by Gasteiger charge is -2.09. The highest BCUT2D eigenvalue weighted by atomic mass is 16.6. The van der Waals surface area contributed by atoms with E-state index in [-0.39, 0.29) is 26.1 Å². The molecule has 12 nitrogen and oxygen atoms in total. The van der Waals surface area contributed by atoms with Crippen LogP contribution >= 0.6 is 0 Å². The Morgan fingerprint density at radius 3 is 1.04 bits per heavy atom. The molecule has 0 aliphatic carbocycles. The molecule has 0 saturated carbocycles. The van der Waals surface area contributed by atoms with E-state index < -0.39 is 17.7 Å². The monoisotopic (exact) mass is 664 g/mol. The van der Waals surface area contributed by atoms with Crippen molar-refractivity contribution in [2.24, 2.45) is 0 Å². The Hall–Kier alpha value is -1.67. The summed E-state index contributed by atoms with van der Waals surface area (Å²) in [5.41, 5.74) is 0. The number of hydrogen-bond acceptors (Lipinski definition) is 11. The summed E-state index contributed by atoms with van der Waals surface area (Å²) in [6.45, 7) is 9.08. The summed E-state index contributed by atoms with van der Waals surface area (Å²) in [5.74, 6) is -3.21. The molecule has 272 valence electrons. The molecular formula is C34H64O12. The second-order valence-corrected chi connectivity index (χ2v) is 11.0. The fourth-order valence-corrected chi connectivity index (χ4v) is 4.25. The van der Waals surface area contributed by atoms with Crippen molar-refractivity contribution in [2.45, 2.75) is 103 Å². The minimum absolute atomic E-state index is 0.0249. The Balaban J connectivity index is 3.11. The first-order valence-corrected chi connectivity index (χ1v) is 17.5. The zero-order chi connectivity index (χ0) is 33.6. The van der Waals surface area contributed by atoms with Crippen molar-refractivity contribution in [1.82, 2.24) is 0 Å². The summed E-state index contributed by atoms with van der Waals surface area (Å²) in [5, 5.41) is 8.44. The van der Waals surface area contributed by atoms with Gasteiger partial charge in [0.05, 0.1) is 92.3 Å². The number of hydrogen-bond donors (Lipinski definition) is 1. The topological polar surface area (TPSA) is 145 Å². The highest BCUT2D eigenvalue weighted by Gasteiger charge is 2.14. The van der Waals surface area contributed by atoms with E-state index in [1.54, 1.807) is 0 Å². The number of unbranched alkanes of at least 4 members (excludes halogenated alkanes) is 12. The van der Waals surface area contributed by atoms with Crippen molar-refractivity contribution in [1.29, 1.82) is 0 Å². The third kappa shape index (κ3) is 36.8. The summed E-state index contributed by atoms with van der Waals surface area (Å²) in [6, 6.07) is 0. The second kappa shape index (κ2) is 37.8. The third-order valence-electron chi connectivity index (χ3n) is 6.91. The minimum Gasteiger partial charge on any atom is -0.476 e. The quantitative estimate of drug-likeness (QED) is 0.0526. The fraction of sp³-hybridized carbons (Fsp3) is 0.912. The molecule has 0 amide bonds. The van der Waals surface area contributed by atoms with E-state index in [4.69, 9.17) is 43.0 Å². The van der Waals surface area contributed by atoms with E-state index in [1.807, 2.05) is 0 Å². The van der Waals surface area contributed by atoms with Gasteiger partial charge < -0.3 is 43.0 Å². The van der Waals surface area contributed by atoms with E-state index in [1.165, 1.54) is 77.0 Å². The van der Waals surface area contributed by atoms with Gasteiger partial charge in [0.2, 0.25) is 5.78 Å². The summed E-state index contributed by atoms with van der Waals surface area (Å²) < 4.78 is 43.1. The number of ketones is 1. The van der Waals surface area contributed by atoms with E-state index in [0.29, 0.717) is 79.3 Å². The number of ether oxygens (including phenoxy) is 8. The van der Waals surface area contributed by atoms with Gasteiger partial charge in [0.15, 0.2) is 0 Å². The molecule has 0 aromatic heterocycles. The van der Waals surface area contributed by atoms with Crippen LogP contribution in [0.2, 0.25) is 0 Å². The van der Waals surface area contributed by atoms with Gasteiger partial charge in [-0.05, 0) is 6.42 Å². The molecule has 0 aromatic rings. The highest BCUT2D eigenvalue weighted by molar-refractivity contribution is 6.32. The Morgan fingerprint density at radius 1 is 0.391 bits per heavy atom. The third-order valence-corrected chi connectivity index (χ3v) is 6.91. The van der Waals surface area contributed by atoms with Gasteiger partial charge in [0.25, 0.3) is 0 Å². The summed E-state index contributed by atoms with van der Waals surface area (Å²) in [7, 11) is 0. The van der Waals surface area contributed by atoms with Gasteiger partial charge in [-0.2, -0.15) is 0 Å². The number of carbonyl (C=O) groups excluding carboxylic acids is 2. The van der Waals surface area contributed by atoms with Crippen molar-refractivity contribution in [3.63, 3.8) is 0 Å². The van der Waals surface area contributed by atoms with Crippen molar-refractivity contribution in [3.05, 3.63) is 0 Å². The van der Waals surface area contributed by atoms with Crippen LogP contribution in [0, 0.1) is 0 Å². The van der Waals surface area contributed by atoms with E-state index in [2.05, 4.69) is 6.92 Å². The van der Waals surface area contributed by atoms with Crippen molar-refractivity contribution < 1.29 is 57.4 Å². The van der Waals surface area contributed by atoms with Crippen LogP contribution in [-0.2, 0) is 52.3 Å². The molecule has 0 unspecified atom stereocenters. The normalized spacial score (nSPS) is 11.2. The van der Waals surface area contributed by atoms with E-state index >= 15 is 0 Å². The van der Waals surface area contributed by atoms with E-state index in [9.17, 15) is 14.4 Å². The van der Waals surface area contributed by atoms with Crippen molar-refractivity contribution >= 4 is 17.7 Å². The van der Waals surface area contributed by atoms with Crippen molar-refractivity contribution in [2.75, 3.05) is 99.1 Å². The fourth-order valence-electron chi connectivity index (χ4n) is 4.25. The number of aliphatic carboxylic acids is 1. The SMILES string of the molecule is CCCCCCCCCCCCCCCOCCOCCOCCOCCOCCOCCOCCOC(=O)CCC(=O)C(=O)O. The molecule has 0 aliphatic heterocycles. The van der Waals surface area contributed by atoms with Crippen LogP contribution in [0.15, 0.2) is 0 Å². The zero-order valence-electron chi connectivity index (χ0n) is 28.7. The highest BCUT2D eigenvalue weighted by Crippen LogP contribution is 2.12. The molecule has 0 spiro atoms. The van der Waals surface area contributed by atoms with Crippen LogP contribution < -0.4 is 0 Å². The summed E-state index contributed by atoms with van der Waals surface area (Å²) in [6.07, 6.45) is 17.0. The average molecular weight is 665 g/mol. The Labute approximate surface area is 277 Å². The maximum atomic E-state index is 11.4. The van der Waals surface area contributed by atoms with Crippen molar-refractivity contribution in [3.8, 4) is 0 Å². The Morgan fingerprint density at radius 2 is 0.696 bits per heavy atom. The lowest BCUT2D eigenvalue weighted by Crippen LogP contribution is -2.17. The molecule has 46 heavy (non-hydrogen) atoms. The number of carboxylic acid groups (broad SMARTS) is 1. The molecule has 0 rings (SSSR count). The lowest BCUT2D eigenvalue weighted by molar-refractivity contribution is -0.151. The van der Waals surface area contributed by atoms with Gasteiger partial charge in [-0.1, -0.05) is 84.0 Å². The van der Waals surface area contributed by atoms with Gasteiger partial charge >= 0.3 is 11.9 Å². The molecule has 0 bridgehead atoms. The second-order valence-electron chi connectivity index (χ2n) is 11.0. The molecule has 1 N–H and O–H groups in total. The van der Waals surface area contributed by atoms with Gasteiger partial charge in [0, 0.05) is 13.0 Å². The number of carboxylic acids is 1. The van der Waals surface area contributed by atoms with Crippen LogP contribution in [-0.4, -0.2) is 122 Å². The first kappa shape index (κ1) is 44.3. The zero-order valence-corrected chi connectivity index (χ0v) is 28.7. The lowest BCUT2D eigenvalue weighted by atomic mass is 10.0. The van der Waals surface area contributed by atoms with Crippen LogP contribution in [0.5, 0.6) is 0 Å². The van der Waals surface area contributed by atoms with Crippen LogP contribution in [0.1, 0.15) is 103 Å². The maximum Gasteiger partial charge on any atom is 0.372 e. The number of carbonyl (C=O) groups is 3. The smallest absolute Gasteiger partial charge is 0.372 e. The van der Waals surface area contributed by atoms with Crippen LogP contribution in [0.4, 0.5) is 0 Å².